The second kappa shape index (κ2) is 30.7. The summed E-state index contributed by atoms with van der Waals surface area (Å²) < 4.78 is 20.5. The monoisotopic (exact) mass is 1080 g/mol. The van der Waals surface area contributed by atoms with Crippen LogP contribution in [0, 0.1) is 19.7 Å². The molecule has 420 valence electrons. The molecule has 0 aliphatic carbocycles. The van der Waals surface area contributed by atoms with Crippen LogP contribution in [0.25, 0.3) is 21.6 Å². The number of hydrogen-bond acceptors (Lipinski definition) is 12. The summed E-state index contributed by atoms with van der Waals surface area (Å²) in [6, 6.07) is 16.5. The molecule has 22 heteroatoms. The van der Waals surface area contributed by atoms with Crippen LogP contribution in [0.1, 0.15) is 86.3 Å². The topological polar surface area (TPSA) is 336 Å². The minimum atomic E-state index is -1.91. The zero-order valence-corrected chi connectivity index (χ0v) is 44.9. The van der Waals surface area contributed by atoms with Gasteiger partial charge < -0.3 is 57.7 Å². The maximum Gasteiger partial charge on any atom is 0.305 e. The molecule has 0 spiro atoms. The third-order valence-electron chi connectivity index (χ3n) is 13.1. The van der Waals surface area contributed by atoms with E-state index < -0.39 is 102 Å². The summed E-state index contributed by atoms with van der Waals surface area (Å²) in [5, 5.41) is 49.2. The summed E-state index contributed by atoms with van der Waals surface area (Å²) in [6.07, 6.45) is 0.231. The number of rotatable bonds is 32. The number of carbonyl (C=O) groups excluding carboxylic acids is 6. The van der Waals surface area contributed by atoms with Gasteiger partial charge in [0.2, 0.25) is 35.4 Å². The lowest BCUT2D eigenvalue weighted by Gasteiger charge is -2.32. The highest BCUT2D eigenvalue weighted by atomic mass is 19.1. The number of carboxylic acids is 1. The molecule has 6 amide bonds. The molecule has 0 bridgehead atoms. The fraction of sp³-hybridized carbons (Fsp3) is 0.446. The van der Waals surface area contributed by atoms with E-state index in [-0.39, 0.29) is 24.8 Å². The van der Waals surface area contributed by atoms with Gasteiger partial charge in [-0.1, -0.05) is 89.9 Å². The first kappa shape index (κ1) is 62.6. The van der Waals surface area contributed by atoms with E-state index in [2.05, 4.69) is 41.9 Å². The van der Waals surface area contributed by atoms with E-state index in [4.69, 9.17) is 16.0 Å². The number of halogens is 1. The van der Waals surface area contributed by atoms with Crippen molar-refractivity contribution in [2.24, 2.45) is 10.8 Å². The average molecular weight is 1080 g/mol. The molecule has 0 radical (unpaired) electrons. The van der Waals surface area contributed by atoms with Gasteiger partial charge in [-0.25, -0.2) is 4.39 Å². The second-order valence-electron chi connectivity index (χ2n) is 19.4. The summed E-state index contributed by atoms with van der Waals surface area (Å²) in [7, 11) is 1.44. The summed E-state index contributed by atoms with van der Waals surface area (Å²) >= 11 is 0. The first-order chi connectivity index (χ1) is 37.1. The van der Waals surface area contributed by atoms with E-state index in [1.54, 1.807) is 18.2 Å². The van der Waals surface area contributed by atoms with E-state index in [9.17, 15) is 53.3 Å². The van der Waals surface area contributed by atoms with Crippen LogP contribution in [0.3, 0.4) is 0 Å². The van der Waals surface area contributed by atoms with Crippen molar-refractivity contribution in [2.75, 3.05) is 26.8 Å². The predicted molar refractivity (Wildman–Crippen MR) is 290 cm³/mol. The fourth-order valence-corrected chi connectivity index (χ4v) is 8.69. The van der Waals surface area contributed by atoms with Gasteiger partial charge in [-0.05, 0) is 130 Å². The van der Waals surface area contributed by atoms with Gasteiger partial charge in [0, 0.05) is 24.3 Å². The lowest BCUT2D eigenvalue weighted by molar-refractivity contribution is -0.142. The number of carbonyl (C=O) groups is 7. The van der Waals surface area contributed by atoms with Gasteiger partial charge in [0.15, 0.2) is 0 Å². The van der Waals surface area contributed by atoms with Gasteiger partial charge in [-0.3, -0.25) is 33.6 Å². The molecule has 21 nitrogen and oxygen atoms in total. The van der Waals surface area contributed by atoms with Gasteiger partial charge in [-0.2, -0.15) is 0 Å². The van der Waals surface area contributed by atoms with Crippen molar-refractivity contribution in [1.29, 1.82) is 0 Å². The number of ether oxygens (including phenoxy) is 1. The molecule has 0 saturated carbocycles. The lowest BCUT2D eigenvalue weighted by atomic mass is 9.91. The normalized spacial score (nSPS) is 14.1. The summed E-state index contributed by atoms with van der Waals surface area (Å²) in [6.45, 7) is 8.28. The number of aryl methyl sites for hydroxylation is 4. The van der Waals surface area contributed by atoms with E-state index in [0.717, 1.165) is 33.4 Å². The molecule has 4 rings (SSSR count). The number of aliphatic hydroxyl groups excluding tert-OH is 2. The maximum atomic E-state index is 14.6. The number of aliphatic hydroxyl groups is 2. The number of azide groups is 1. The highest BCUT2D eigenvalue weighted by molar-refractivity contribution is 5.98. The Hall–Kier alpha value is -7.91. The Morgan fingerprint density at radius 1 is 0.782 bits per heavy atom. The number of unbranched alkanes of at least 4 members (excludes halogenated alkanes) is 1. The van der Waals surface area contributed by atoms with Crippen molar-refractivity contribution in [1.82, 2.24) is 31.9 Å². The average Bonchev–Trinajstić information content (AvgIpc) is 3.42. The molecule has 0 saturated heterocycles. The lowest BCUT2D eigenvalue weighted by Crippen LogP contribution is -2.64. The van der Waals surface area contributed by atoms with Crippen molar-refractivity contribution in [3.05, 3.63) is 135 Å². The molecule has 0 heterocycles. The highest BCUT2D eigenvalue weighted by Crippen LogP contribution is 2.29. The molecule has 0 aliphatic heterocycles. The first-order valence-corrected chi connectivity index (χ1v) is 25.8. The van der Waals surface area contributed by atoms with Gasteiger partial charge >= 0.3 is 5.97 Å². The van der Waals surface area contributed by atoms with Crippen LogP contribution in [0.5, 0.6) is 5.75 Å². The third kappa shape index (κ3) is 19.3. The van der Waals surface area contributed by atoms with Crippen molar-refractivity contribution >= 4 is 41.4 Å². The predicted octanol–water partition coefficient (Wildman–Crippen LogP) is 3.68. The number of amides is 6. The van der Waals surface area contributed by atoms with Crippen LogP contribution in [0.15, 0.2) is 90.0 Å². The molecular weight excluding hydrogens is 1010 g/mol. The van der Waals surface area contributed by atoms with Gasteiger partial charge in [0.25, 0.3) is 0 Å². The van der Waals surface area contributed by atoms with E-state index in [0.29, 0.717) is 56.6 Å². The Bertz CT molecular complexity index is 2750. The number of nitrogens with one attached hydrogen (secondary N) is 6. The number of carboxylic acid groups (broad SMARTS) is 1. The highest BCUT2D eigenvalue weighted by Gasteiger charge is 2.38. The Labute approximate surface area is 453 Å². The Balaban J connectivity index is 1.56. The van der Waals surface area contributed by atoms with Gasteiger partial charge in [-0.15, -0.1) is 0 Å². The fourth-order valence-electron chi connectivity index (χ4n) is 8.69. The van der Waals surface area contributed by atoms with E-state index in [1.807, 2.05) is 69.3 Å². The molecular formula is C56H73FN10O11. The summed E-state index contributed by atoms with van der Waals surface area (Å²) in [5.41, 5.74) is 19.4. The van der Waals surface area contributed by atoms with E-state index in [1.165, 1.54) is 39.1 Å². The third-order valence-corrected chi connectivity index (χ3v) is 13.1. The Morgan fingerprint density at radius 3 is 2.01 bits per heavy atom. The number of likely N-dealkylation sites (N-methyl/N-ethyl adjacent to an activating group) is 1. The molecule has 7 atom stereocenters. The van der Waals surface area contributed by atoms with Gasteiger partial charge in [0.1, 0.15) is 41.8 Å². The molecule has 11 N–H and O–H groups in total. The van der Waals surface area contributed by atoms with Crippen LogP contribution >= 0.6 is 0 Å². The summed E-state index contributed by atoms with van der Waals surface area (Å²) in [5.74, 6) is -7.53. The molecule has 0 unspecified atom stereocenters. The number of benzene rings is 4. The van der Waals surface area contributed by atoms with Crippen LogP contribution in [0.2, 0.25) is 0 Å². The van der Waals surface area contributed by atoms with Crippen molar-refractivity contribution < 1.29 is 58.0 Å². The largest absolute Gasteiger partial charge is 0.494 e. The van der Waals surface area contributed by atoms with E-state index >= 15 is 0 Å². The van der Waals surface area contributed by atoms with Crippen molar-refractivity contribution in [3.63, 3.8) is 0 Å². The quantitative estimate of drug-likeness (QED) is 0.0145. The van der Waals surface area contributed by atoms with Crippen LogP contribution in [-0.2, 0) is 59.2 Å². The first-order valence-electron chi connectivity index (χ1n) is 25.8. The standard InChI is InChI=1S/C56H73FN10O11/c1-7-38-29-41(78-24-11-10-23-61-67-59)21-22-42(38)39-19-17-36(18-20-39)28-45(51(73)62-44(50(58)72)16-12-13-37-26-33(2)25-34(3)27-37)63-52(74)46(30-48(70)71)64-53(75)47(32-68)65-54(76)49(35(4)69)66-55(77)56(5,60-6)31-40-14-8-9-15-43(40)57/h8-9,14-15,17-22,25-27,29,35,44-47,49,60,68-69H,7,10-13,16,23-24,28,30-32H2,1-6H3,(H2,58,72)(H,62,73)(H,63,74)(H,64,75)(H,65,76)(H,66,77)(H,70,71)/t35-,44+,45+,46+,47+,49+,56+/m1/s1. The molecule has 78 heavy (non-hydrogen) atoms. The molecule has 0 aromatic heterocycles. The maximum absolute atomic E-state index is 14.6. The Kier molecular flexibility index (Phi) is 24.7. The number of nitrogens with zero attached hydrogens (tertiary/aromatic N) is 3. The van der Waals surface area contributed by atoms with Crippen LogP contribution in [0.4, 0.5) is 4.39 Å². The number of primary amides is 1. The minimum Gasteiger partial charge on any atom is -0.494 e. The van der Waals surface area contributed by atoms with Crippen LogP contribution in [-0.4, -0.2) is 125 Å². The number of aliphatic carboxylic acids is 1. The second-order valence-corrected chi connectivity index (χ2v) is 19.4. The zero-order valence-electron chi connectivity index (χ0n) is 44.9. The van der Waals surface area contributed by atoms with Gasteiger partial charge in [0.05, 0.1) is 31.3 Å². The van der Waals surface area contributed by atoms with Crippen molar-refractivity contribution in [3.8, 4) is 16.9 Å². The molecule has 0 aliphatic rings. The number of hydrogen-bond donors (Lipinski definition) is 10. The minimum absolute atomic E-state index is 0.137. The van der Waals surface area contributed by atoms with Crippen LogP contribution < -0.4 is 42.4 Å². The number of nitrogens with two attached hydrogens (primary N) is 1. The SMILES string of the molecule is CCc1cc(OCCCCN=[N+]=[N-])ccc1-c1ccc(C[C@H](NC(=O)[C@H](CC(=O)O)NC(=O)[C@H](CO)NC(=O)[C@@H](NC(=O)[C@](C)(Cc2ccccc2F)NC)[C@@H](C)O)C(=O)N[C@@H](CCCc2cc(C)cc(C)c2)C(N)=O)cc1. The summed E-state index contributed by atoms with van der Waals surface area (Å²) in [4.78, 5) is 97.1. The zero-order chi connectivity index (χ0) is 57.5. The molecule has 4 aromatic rings. The Morgan fingerprint density at radius 2 is 1.41 bits per heavy atom. The molecule has 4 aromatic carbocycles. The van der Waals surface area contributed by atoms with Crippen molar-refractivity contribution in [2.45, 2.75) is 134 Å². The smallest absolute Gasteiger partial charge is 0.305 e. The molecule has 0 fully saturated rings.